The van der Waals surface area contributed by atoms with E-state index in [4.69, 9.17) is 18.9 Å². The van der Waals surface area contributed by atoms with E-state index in [0.29, 0.717) is 24.3 Å². The molecule has 200 valence electrons. The number of aliphatic hydroxyl groups is 5. The molecule has 2 aromatic rings. The van der Waals surface area contributed by atoms with Crippen LogP contribution in [0.15, 0.2) is 36.4 Å². The van der Waals surface area contributed by atoms with Crippen molar-refractivity contribution in [3.63, 3.8) is 0 Å². The smallest absolute Gasteiger partial charge is 0.229 e. The van der Waals surface area contributed by atoms with Crippen molar-refractivity contribution in [3.8, 4) is 23.0 Å². The summed E-state index contributed by atoms with van der Waals surface area (Å²) in [7, 11) is 2.93. The molecular weight excluding hydrogens is 472 g/mol. The van der Waals surface area contributed by atoms with Gasteiger partial charge in [-0.05, 0) is 67.0 Å². The number of aliphatic hydroxyl groups excluding tert-OH is 5. The van der Waals surface area contributed by atoms with E-state index < -0.39 is 30.7 Å². The van der Waals surface area contributed by atoms with Gasteiger partial charge in [0, 0.05) is 13.2 Å². The minimum absolute atomic E-state index is 0.0289. The van der Waals surface area contributed by atoms with E-state index in [0.717, 1.165) is 11.1 Å². The van der Waals surface area contributed by atoms with Crippen LogP contribution in [0.4, 0.5) is 0 Å². The van der Waals surface area contributed by atoms with Crippen LogP contribution in [0.5, 0.6) is 23.0 Å². The van der Waals surface area contributed by atoms with Crippen LogP contribution in [0, 0.1) is 11.8 Å². The molecule has 1 saturated heterocycles. The van der Waals surface area contributed by atoms with Crippen molar-refractivity contribution < 1.29 is 49.6 Å². The van der Waals surface area contributed by atoms with Gasteiger partial charge in [-0.1, -0.05) is 12.1 Å². The average molecular weight is 509 g/mol. The normalized spacial score (nSPS) is 25.7. The molecule has 6 N–H and O–H groups in total. The van der Waals surface area contributed by atoms with Gasteiger partial charge in [0.15, 0.2) is 23.0 Å². The third-order valence-electron chi connectivity index (χ3n) is 6.66. The molecule has 10 heteroatoms. The summed E-state index contributed by atoms with van der Waals surface area (Å²) in [6.07, 6.45) is -5.14. The molecule has 0 aromatic heterocycles. The van der Waals surface area contributed by atoms with Crippen LogP contribution in [-0.4, -0.2) is 88.8 Å². The summed E-state index contributed by atoms with van der Waals surface area (Å²) in [5, 5.41) is 60.1. The highest BCUT2D eigenvalue weighted by Crippen LogP contribution is 2.34. The quantitative estimate of drug-likeness (QED) is 0.254. The molecule has 7 atom stereocenters. The number of rotatable bonds is 11. The van der Waals surface area contributed by atoms with Crippen molar-refractivity contribution in [3.05, 3.63) is 47.5 Å². The minimum Gasteiger partial charge on any atom is -0.504 e. The molecule has 0 aliphatic carbocycles. The van der Waals surface area contributed by atoms with Crippen molar-refractivity contribution in [1.82, 2.24) is 0 Å². The third kappa shape index (κ3) is 6.39. The highest BCUT2D eigenvalue weighted by molar-refractivity contribution is 5.44. The number of phenolic OH excluding ortho intramolecular Hbond substituents is 1. The predicted octanol–water partition coefficient (Wildman–Crippen LogP) is 0.618. The fourth-order valence-corrected chi connectivity index (χ4v) is 4.39. The fraction of sp³-hybridized carbons (Fsp3) is 0.538. The van der Waals surface area contributed by atoms with Crippen LogP contribution >= 0.6 is 0 Å². The molecule has 1 aliphatic rings. The van der Waals surface area contributed by atoms with Crippen LogP contribution in [0.2, 0.25) is 0 Å². The molecule has 2 aromatic carbocycles. The maximum absolute atomic E-state index is 10.2. The molecule has 0 radical (unpaired) electrons. The number of aromatic hydroxyl groups is 1. The van der Waals surface area contributed by atoms with Crippen LogP contribution in [0.1, 0.15) is 18.1 Å². The van der Waals surface area contributed by atoms with Crippen LogP contribution in [0.25, 0.3) is 0 Å². The molecule has 0 amide bonds. The van der Waals surface area contributed by atoms with Crippen LogP contribution in [0.3, 0.4) is 0 Å². The highest BCUT2D eigenvalue weighted by atomic mass is 16.7. The van der Waals surface area contributed by atoms with Gasteiger partial charge in [0.2, 0.25) is 6.29 Å². The standard InChI is InChI=1S/C26H36O10/c1-14-23(30)24(31)25(32)26(35-14)36-20-7-5-16(11-22(20)34-3)9-18(13-28)17(12-27)8-15-4-6-19(29)21(10-15)33-2/h4-7,10-11,14,17-18,23-32H,8-9,12-13H2,1-3H3. The monoisotopic (exact) mass is 508 g/mol. The second-order valence-corrected chi connectivity index (χ2v) is 9.08. The van der Waals surface area contributed by atoms with Gasteiger partial charge in [-0.2, -0.15) is 0 Å². The van der Waals surface area contributed by atoms with Gasteiger partial charge in [-0.25, -0.2) is 0 Å². The molecule has 0 saturated carbocycles. The van der Waals surface area contributed by atoms with E-state index in [9.17, 15) is 30.6 Å². The van der Waals surface area contributed by atoms with Gasteiger partial charge in [-0.3, -0.25) is 0 Å². The number of benzene rings is 2. The Balaban J connectivity index is 1.73. The van der Waals surface area contributed by atoms with E-state index in [1.807, 2.05) is 0 Å². The van der Waals surface area contributed by atoms with E-state index in [-0.39, 0.29) is 36.5 Å². The third-order valence-corrected chi connectivity index (χ3v) is 6.66. The molecular formula is C26H36O10. The van der Waals surface area contributed by atoms with Crippen molar-refractivity contribution in [2.45, 2.75) is 50.5 Å². The van der Waals surface area contributed by atoms with Crippen molar-refractivity contribution in [2.24, 2.45) is 11.8 Å². The number of methoxy groups -OCH3 is 2. The molecule has 1 aliphatic heterocycles. The SMILES string of the molecule is COc1cc(CC(CO)C(CO)Cc2ccc(OC3OC(C)C(O)C(O)C3O)c(OC)c2)ccc1O. The minimum atomic E-state index is -1.46. The van der Waals surface area contributed by atoms with Gasteiger partial charge in [0.1, 0.15) is 18.3 Å². The van der Waals surface area contributed by atoms with Crippen molar-refractivity contribution in [2.75, 3.05) is 27.4 Å². The molecule has 1 fully saturated rings. The number of hydrogen-bond donors (Lipinski definition) is 6. The van der Waals surface area contributed by atoms with E-state index in [1.54, 1.807) is 37.3 Å². The summed E-state index contributed by atoms with van der Waals surface area (Å²) in [4.78, 5) is 0. The zero-order valence-corrected chi connectivity index (χ0v) is 20.7. The first-order valence-corrected chi connectivity index (χ1v) is 11.8. The second-order valence-electron chi connectivity index (χ2n) is 9.08. The fourth-order valence-electron chi connectivity index (χ4n) is 4.39. The summed E-state index contributed by atoms with van der Waals surface area (Å²) in [6, 6.07) is 10.2. The van der Waals surface area contributed by atoms with Gasteiger partial charge in [0.05, 0.1) is 20.3 Å². The molecule has 3 rings (SSSR count). The Labute approximate surface area is 210 Å². The Hall–Kier alpha value is -2.60. The zero-order chi connectivity index (χ0) is 26.4. The predicted molar refractivity (Wildman–Crippen MR) is 129 cm³/mol. The van der Waals surface area contributed by atoms with Gasteiger partial charge < -0.3 is 49.6 Å². The molecule has 0 bridgehead atoms. The topological polar surface area (TPSA) is 158 Å². The van der Waals surface area contributed by atoms with Crippen LogP contribution in [-0.2, 0) is 17.6 Å². The lowest BCUT2D eigenvalue weighted by atomic mass is 9.83. The number of phenols is 1. The first kappa shape index (κ1) is 28.0. The Kier molecular flexibility index (Phi) is 9.77. The van der Waals surface area contributed by atoms with Crippen LogP contribution < -0.4 is 14.2 Å². The van der Waals surface area contributed by atoms with Crippen molar-refractivity contribution in [1.29, 1.82) is 0 Å². The molecule has 7 unspecified atom stereocenters. The zero-order valence-electron chi connectivity index (χ0n) is 20.7. The average Bonchev–Trinajstić information content (AvgIpc) is 2.89. The lowest BCUT2D eigenvalue weighted by Gasteiger charge is -2.39. The Morgan fingerprint density at radius 2 is 1.33 bits per heavy atom. The number of ether oxygens (including phenoxy) is 4. The summed E-state index contributed by atoms with van der Waals surface area (Å²) < 4.78 is 21.9. The molecule has 10 nitrogen and oxygen atoms in total. The molecule has 36 heavy (non-hydrogen) atoms. The largest absolute Gasteiger partial charge is 0.504 e. The first-order chi connectivity index (χ1) is 17.2. The van der Waals surface area contributed by atoms with Gasteiger partial charge in [0.25, 0.3) is 0 Å². The van der Waals surface area contributed by atoms with E-state index >= 15 is 0 Å². The molecule has 0 spiro atoms. The Bertz CT molecular complexity index is 983. The summed E-state index contributed by atoms with van der Waals surface area (Å²) in [6.45, 7) is 1.27. The second kappa shape index (κ2) is 12.6. The lowest BCUT2D eigenvalue weighted by molar-refractivity contribution is -0.268. The first-order valence-electron chi connectivity index (χ1n) is 11.8. The van der Waals surface area contributed by atoms with E-state index in [1.165, 1.54) is 20.3 Å². The van der Waals surface area contributed by atoms with Crippen molar-refractivity contribution >= 4 is 0 Å². The maximum atomic E-state index is 10.2. The summed E-state index contributed by atoms with van der Waals surface area (Å²) in [5.74, 6) is 0.474. The summed E-state index contributed by atoms with van der Waals surface area (Å²) in [5.41, 5.74) is 1.69. The summed E-state index contributed by atoms with van der Waals surface area (Å²) >= 11 is 0. The number of hydrogen-bond acceptors (Lipinski definition) is 10. The molecule has 1 heterocycles. The van der Waals surface area contributed by atoms with Gasteiger partial charge in [-0.15, -0.1) is 0 Å². The van der Waals surface area contributed by atoms with E-state index in [2.05, 4.69) is 0 Å². The highest BCUT2D eigenvalue weighted by Gasteiger charge is 2.43. The Morgan fingerprint density at radius 1 is 0.778 bits per heavy atom. The Morgan fingerprint density at radius 3 is 1.89 bits per heavy atom. The van der Waals surface area contributed by atoms with Gasteiger partial charge >= 0.3 is 0 Å². The maximum Gasteiger partial charge on any atom is 0.229 e. The lowest BCUT2D eigenvalue weighted by Crippen LogP contribution is -2.58.